The van der Waals surface area contributed by atoms with Crippen molar-refractivity contribution in [1.29, 1.82) is 0 Å². The van der Waals surface area contributed by atoms with E-state index >= 15 is 0 Å². The Kier molecular flexibility index (Phi) is 5.27. The Morgan fingerprint density at radius 3 is 2.29 bits per heavy atom. The third kappa shape index (κ3) is 3.66. The van der Waals surface area contributed by atoms with E-state index in [1.54, 1.807) is 25.1 Å². The van der Waals surface area contributed by atoms with Crippen LogP contribution >= 0.6 is 0 Å². The fraction of sp³-hybridized carbons (Fsp3) is 0.429. The molecule has 3 heteroatoms. The highest BCUT2D eigenvalue weighted by molar-refractivity contribution is 5.28. The number of benzene rings is 2. The van der Waals surface area contributed by atoms with Crippen LogP contribution in [0.3, 0.4) is 0 Å². The van der Waals surface area contributed by atoms with Gasteiger partial charge in [0.1, 0.15) is 5.82 Å². The molecule has 0 heterocycles. The maximum Gasteiger partial charge on any atom is 0.162 e. The Morgan fingerprint density at radius 1 is 0.875 bits per heavy atom. The molecule has 3 rings (SSSR count). The van der Waals surface area contributed by atoms with E-state index in [0.29, 0.717) is 17.0 Å². The van der Waals surface area contributed by atoms with E-state index in [-0.39, 0.29) is 11.7 Å². The Labute approximate surface area is 141 Å². The molecule has 0 radical (unpaired) electrons. The summed E-state index contributed by atoms with van der Waals surface area (Å²) in [7, 11) is 0. The summed E-state index contributed by atoms with van der Waals surface area (Å²) in [6.45, 7) is 1.59. The molecular weight excluding hydrogens is 309 g/mol. The summed E-state index contributed by atoms with van der Waals surface area (Å²) in [6.07, 6.45) is 5.44. The average Bonchev–Trinajstić information content (AvgIpc) is 2.60. The molecule has 1 fully saturated rings. The third-order valence-corrected chi connectivity index (χ3v) is 5.37. The molecule has 1 aliphatic carbocycles. The van der Waals surface area contributed by atoms with Gasteiger partial charge in [-0.15, -0.1) is 0 Å². The largest absolute Gasteiger partial charge is 0.207 e. The number of halogens is 3. The van der Waals surface area contributed by atoms with Gasteiger partial charge in [0.05, 0.1) is 0 Å². The minimum Gasteiger partial charge on any atom is -0.207 e. The van der Waals surface area contributed by atoms with Gasteiger partial charge in [-0.25, -0.2) is 13.2 Å². The summed E-state index contributed by atoms with van der Waals surface area (Å²) in [5, 5.41) is 0. The monoisotopic (exact) mass is 332 g/mol. The van der Waals surface area contributed by atoms with Crippen molar-refractivity contribution in [3.63, 3.8) is 0 Å². The molecule has 0 unspecified atom stereocenters. The molecule has 0 saturated heterocycles. The molecule has 2 aromatic carbocycles. The van der Waals surface area contributed by atoms with Gasteiger partial charge in [-0.1, -0.05) is 30.3 Å². The molecule has 24 heavy (non-hydrogen) atoms. The highest BCUT2D eigenvalue weighted by Gasteiger charge is 2.25. The summed E-state index contributed by atoms with van der Waals surface area (Å²) in [4.78, 5) is 0. The topological polar surface area (TPSA) is 0 Å². The lowest BCUT2D eigenvalue weighted by Gasteiger charge is -2.29. The van der Waals surface area contributed by atoms with Crippen LogP contribution in [-0.4, -0.2) is 0 Å². The van der Waals surface area contributed by atoms with Crippen LogP contribution in [0.15, 0.2) is 36.4 Å². The van der Waals surface area contributed by atoms with Crippen molar-refractivity contribution in [3.05, 3.63) is 70.5 Å². The second kappa shape index (κ2) is 7.42. The molecule has 0 bridgehead atoms. The molecule has 0 nitrogen and oxygen atoms in total. The van der Waals surface area contributed by atoms with E-state index in [0.717, 1.165) is 44.1 Å². The van der Waals surface area contributed by atoms with Crippen LogP contribution in [-0.2, 0) is 6.42 Å². The quantitative estimate of drug-likeness (QED) is 0.614. The van der Waals surface area contributed by atoms with E-state index in [9.17, 15) is 13.2 Å². The van der Waals surface area contributed by atoms with Gasteiger partial charge < -0.3 is 0 Å². The number of rotatable bonds is 4. The van der Waals surface area contributed by atoms with Crippen molar-refractivity contribution in [2.24, 2.45) is 5.92 Å². The van der Waals surface area contributed by atoms with Crippen LogP contribution in [0.4, 0.5) is 13.2 Å². The van der Waals surface area contributed by atoms with Crippen LogP contribution in [0.5, 0.6) is 0 Å². The molecule has 1 saturated carbocycles. The molecule has 0 aliphatic heterocycles. The fourth-order valence-electron chi connectivity index (χ4n) is 3.80. The highest BCUT2D eigenvalue weighted by Crippen LogP contribution is 2.39. The highest BCUT2D eigenvalue weighted by atomic mass is 19.2. The summed E-state index contributed by atoms with van der Waals surface area (Å²) in [5.74, 6) is -0.883. The summed E-state index contributed by atoms with van der Waals surface area (Å²) in [6, 6.07) is 10.3. The number of aryl methyl sites for hydroxylation is 2. The molecule has 2 aromatic rings. The molecule has 0 spiro atoms. The summed E-state index contributed by atoms with van der Waals surface area (Å²) in [5.41, 5.74) is 1.65. The maximum atomic E-state index is 14.1. The second-order valence-electron chi connectivity index (χ2n) is 6.95. The minimum absolute atomic E-state index is 0.102. The van der Waals surface area contributed by atoms with E-state index in [1.165, 1.54) is 6.07 Å². The van der Waals surface area contributed by atoms with Crippen molar-refractivity contribution in [2.45, 2.75) is 51.4 Å². The van der Waals surface area contributed by atoms with Gasteiger partial charge in [-0.3, -0.25) is 0 Å². The minimum atomic E-state index is -0.714. The van der Waals surface area contributed by atoms with Gasteiger partial charge in [-0.05, 0) is 80.0 Å². The normalized spacial score (nSPS) is 21.0. The Bertz CT molecular complexity index is 700. The molecular formula is C21H23F3. The van der Waals surface area contributed by atoms with E-state index in [2.05, 4.69) is 0 Å². The van der Waals surface area contributed by atoms with Crippen LogP contribution in [0.2, 0.25) is 0 Å². The van der Waals surface area contributed by atoms with Gasteiger partial charge >= 0.3 is 0 Å². The molecule has 0 aromatic heterocycles. The molecule has 128 valence electrons. The first-order valence-electron chi connectivity index (χ1n) is 8.74. The van der Waals surface area contributed by atoms with E-state index in [4.69, 9.17) is 0 Å². The van der Waals surface area contributed by atoms with Gasteiger partial charge in [0.2, 0.25) is 0 Å². The molecule has 1 aliphatic rings. The van der Waals surface area contributed by atoms with Crippen molar-refractivity contribution in [2.75, 3.05) is 0 Å². The summed E-state index contributed by atoms with van der Waals surface area (Å²) < 4.78 is 41.6. The second-order valence-corrected chi connectivity index (χ2v) is 6.95. The molecule has 0 amide bonds. The predicted molar refractivity (Wildman–Crippen MR) is 90.5 cm³/mol. The lowest BCUT2D eigenvalue weighted by atomic mass is 9.76. The first-order valence-corrected chi connectivity index (χ1v) is 8.74. The van der Waals surface area contributed by atoms with Crippen molar-refractivity contribution in [3.8, 4) is 0 Å². The van der Waals surface area contributed by atoms with Gasteiger partial charge in [0.15, 0.2) is 11.6 Å². The van der Waals surface area contributed by atoms with Crippen LogP contribution in [0, 0.1) is 30.3 Å². The summed E-state index contributed by atoms with van der Waals surface area (Å²) >= 11 is 0. The molecule has 0 atom stereocenters. The van der Waals surface area contributed by atoms with Crippen molar-refractivity contribution >= 4 is 0 Å². The van der Waals surface area contributed by atoms with Crippen LogP contribution in [0.1, 0.15) is 54.7 Å². The van der Waals surface area contributed by atoms with Gasteiger partial charge in [-0.2, -0.15) is 0 Å². The van der Waals surface area contributed by atoms with Gasteiger partial charge in [0.25, 0.3) is 0 Å². The van der Waals surface area contributed by atoms with Crippen molar-refractivity contribution < 1.29 is 13.2 Å². The van der Waals surface area contributed by atoms with Crippen molar-refractivity contribution in [1.82, 2.24) is 0 Å². The van der Waals surface area contributed by atoms with E-state index in [1.807, 2.05) is 12.1 Å². The molecule has 0 N–H and O–H groups in total. The maximum absolute atomic E-state index is 14.1. The predicted octanol–water partition coefficient (Wildman–Crippen LogP) is 6.32. The Balaban J connectivity index is 1.56. The Morgan fingerprint density at radius 2 is 1.58 bits per heavy atom. The standard InChI is InChI=1S/C21H23F3/c1-14-6-13-18(21(24)20(14)23)16-10-7-15(8-11-16)9-12-17-4-2-3-5-19(17)22/h2-6,13,15-16H,7-12H2,1H3. The average molecular weight is 332 g/mol. The zero-order chi connectivity index (χ0) is 17.1. The van der Waals surface area contributed by atoms with Crippen LogP contribution in [0.25, 0.3) is 0 Å². The lowest BCUT2D eigenvalue weighted by Crippen LogP contribution is -2.15. The van der Waals surface area contributed by atoms with Crippen LogP contribution < -0.4 is 0 Å². The first kappa shape index (κ1) is 17.1. The first-order chi connectivity index (χ1) is 11.6. The fourth-order valence-corrected chi connectivity index (χ4v) is 3.80. The zero-order valence-corrected chi connectivity index (χ0v) is 14.0. The zero-order valence-electron chi connectivity index (χ0n) is 14.0. The third-order valence-electron chi connectivity index (χ3n) is 5.37. The number of hydrogen-bond acceptors (Lipinski definition) is 0. The Hall–Kier alpha value is -1.77. The van der Waals surface area contributed by atoms with E-state index < -0.39 is 11.6 Å². The SMILES string of the molecule is Cc1ccc(C2CCC(CCc3ccccc3F)CC2)c(F)c1F. The lowest BCUT2D eigenvalue weighted by molar-refractivity contribution is 0.304. The number of hydrogen-bond donors (Lipinski definition) is 0. The van der Waals surface area contributed by atoms with Gasteiger partial charge in [0, 0.05) is 0 Å². The smallest absolute Gasteiger partial charge is 0.162 e.